The number of carbonyl (C=O) groups excluding carboxylic acids is 2. The molecule has 2 amide bonds. The predicted octanol–water partition coefficient (Wildman–Crippen LogP) is 0.806. The molecule has 2 aliphatic heterocycles. The van der Waals surface area contributed by atoms with Gasteiger partial charge in [0.05, 0.1) is 11.8 Å². The van der Waals surface area contributed by atoms with Crippen molar-refractivity contribution in [1.29, 1.82) is 0 Å². The van der Waals surface area contributed by atoms with Crippen LogP contribution in [0.25, 0.3) is 0 Å². The van der Waals surface area contributed by atoms with E-state index in [0.717, 1.165) is 26.2 Å². The first kappa shape index (κ1) is 16.2. The SMILES string of the molecule is CN1CCN(C(=O)C2CC2C(=O)Nc2ccc3c(c2)OCCO3)CC1. The molecule has 0 radical (unpaired) electrons. The van der Waals surface area contributed by atoms with Crippen molar-refractivity contribution in [2.45, 2.75) is 6.42 Å². The molecule has 4 rings (SSSR count). The molecule has 1 N–H and O–H groups in total. The number of nitrogens with one attached hydrogen (secondary N) is 1. The molecule has 1 saturated carbocycles. The first-order valence-corrected chi connectivity index (χ1v) is 8.79. The lowest BCUT2D eigenvalue weighted by Crippen LogP contribution is -2.48. The summed E-state index contributed by atoms with van der Waals surface area (Å²) in [7, 11) is 2.06. The van der Waals surface area contributed by atoms with E-state index in [1.54, 1.807) is 18.2 Å². The highest BCUT2D eigenvalue weighted by Gasteiger charge is 2.49. The van der Waals surface area contributed by atoms with Crippen LogP contribution in [0.5, 0.6) is 11.5 Å². The Morgan fingerprint density at radius 3 is 2.52 bits per heavy atom. The third kappa shape index (κ3) is 3.42. The molecule has 2 atom stereocenters. The summed E-state index contributed by atoms with van der Waals surface area (Å²) in [5.41, 5.74) is 0.673. The summed E-state index contributed by atoms with van der Waals surface area (Å²) in [5.74, 6) is 0.976. The second-order valence-corrected chi connectivity index (χ2v) is 6.92. The predicted molar refractivity (Wildman–Crippen MR) is 91.7 cm³/mol. The van der Waals surface area contributed by atoms with Gasteiger partial charge < -0.3 is 24.6 Å². The van der Waals surface area contributed by atoms with Gasteiger partial charge in [0.1, 0.15) is 13.2 Å². The largest absolute Gasteiger partial charge is 0.486 e. The van der Waals surface area contributed by atoms with E-state index in [0.29, 0.717) is 36.8 Å². The molecule has 2 unspecified atom stereocenters. The highest BCUT2D eigenvalue weighted by atomic mass is 16.6. The van der Waals surface area contributed by atoms with E-state index in [4.69, 9.17) is 9.47 Å². The van der Waals surface area contributed by atoms with E-state index in [2.05, 4.69) is 17.3 Å². The van der Waals surface area contributed by atoms with Crippen LogP contribution in [0.3, 0.4) is 0 Å². The molecular weight excluding hydrogens is 322 g/mol. The van der Waals surface area contributed by atoms with Crippen molar-refractivity contribution >= 4 is 17.5 Å². The second-order valence-electron chi connectivity index (χ2n) is 6.92. The van der Waals surface area contributed by atoms with Crippen LogP contribution in [-0.4, -0.2) is 68.1 Å². The molecule has 1 aromatic carbocycles. The fraction of sp³-hybridized carbons (Fsp3) is 0.556. The average molecular weight is 345 g/mol. The van der Waals surface area contributed by atoms with Crippen molar-refractivity contribution < 1.29 is 19.1 Å². The van der Waals surface area contributed by atoms with E-state index < -0.39 is 0 Å². The normalized spacial score (nSPS) is 25.4. The second kappa shape index (κ2) is 6.55. The molecule has 0 bridgehead atoms. The van der Waals surface area contributed by atoms with Gasteiger partial charge in [-0.15, -0.1) is 0 Å². The Labute approximate surface area is 146 Å². The number of carbonyl (C=O) groups is 2. The lowest BCUT2D eigenvalue weighted by molar-refractivity contribution is -0.135. The number of hydrogen-bond acceptors (Lipinski definition) is 5. The minimum atomic E-state index is -0.222. The topological polar surface area (TPSA) is 71.1 Å². The molecule has 1 aliphatic carbocycles. The van der Waals surface area contributed by atoms with Crippen molar-refractivity contribution in [3.63, 3.8) is 0 Å². The van der Waals surface area contributed by atoms with Crippen molar-refractivity contribution in [2.75, 3.05) is 51.8 Å². The minimum absolute atomic E-state index is 0.0934. The minimum Gasteiger partial charge on any atom is -0.486 e. The van der Waals surface area contributed by atoms with Crippen molar-refractivity contribution in [1.82, 2.24) is 9.80 Å². The van der Waals surface area contributed by atoms with E-state index in [9.17, 15) is 9.59 Å². The van der Waals surface area contributed by atoms with Crippen LogP contribution >= 0.6 is 0 Å². The number of likely N-dealkylation sites (N-methyl/N-ethyl adjacent to an activating group) is 1. The summed E-state index contributed by atoms with van der Waals surface area (Å²) in [5, 5.41) is 2.90. The van der Waals surface area contributed by atoms with Crippen LogP contribution in [0, 0.1) is 11.8 Å². The van der Waals surface area contributed by atoms with E-state index >= 15 is 0 Å². The highest BCUT2D eigenvalue weighted by molar-refractivity contribution is 5.99. The molecule has 25 heavy (non-hydrogen) atoms. The van der Waals surface area contributed by atoms with Gasteiger partial charge >= 0.3 is 0 Å². The van der Waals surface area contributed by atoms with E-state index in [1.807, 2.05) is 4.90 Å². The van der Waals surface area contributed by atoms with Crippen LogP contribution in [0.2, 0.25) is 0 Å². The molecule has 2 fully saturated rings. The first-order valence-electron chi connectivity index (χ1n) is 8.79. The summed E-state index contributed by atoms with van der Waals surface area (Å²) < 4.78 is 11.0. The summed E-state index contributed by atoms with van der Waals surface area (Å²) in [6, 6.07) is 5.36. The van der Waals surface area contributed by atoms with Crippen LogP contribution < -0.4 is 14.8 Å². The van der Waals surface area contributed by atoms with Crippen molar-refractivity contribution in [3.8, 4) is 11.5 Å². The number of rotatable bonds is 3. The average Bonchev–Trinajstić information content (AvgIpc) is 3.42. The van der Waals surface area contributed by atoms with Gasteiger partial charge in [-0.05, 0) is 25.6 Å². The van der Waals surface area contributed by atoms with Gasteiger partial charge in [0.2, 0.25) is 11.8 Å². The van der Waals surface area contributed by atoms with Gasteiger partial charge in [-0.1, -0.05) is 0 Å². The standard InChI is InChI=1S/C18H23N3O4/c1-20-4-6-21(7-5-20)18(23)14-11-13(14)17(22)19-12-2-3-15-16(10-12)25-9-8-24-15/h2-3,10,13-14H,4-9,11H2,1H3,(H,19,22). The first-order chi connectivity index (χ1) is 12.1. The molecule has 0 spiro atoms. The van der Waals surface area contributed by atoms with Gasteiger partial charge in [-0.3, -0.25) is 9.59 Å². The Morgan fingerprint density at radius 1 is 1.04 bits per heavy atom. The molecular formula is C18H23N3O4. The zero-order chi connectivity index (χ0) is 17.4. The number of hydrogen-bond donors (Lipinski definition) is 1. The summed E-state index contributed by atoms with van der Waals surface area (Å²) >= 11 is 0. The molecule has 2 heterocycles. The Kier molecular flexibility index (Phi) is 4.25. The van der Waals surface area contributed by atoms with Gasteiger partial charge in [-0.2, -0.15) is 0 Å². The van der Waals surface area contributed by atoms with Crippen molar-refractivity contribution in [3.05, 3.63) is 18.2 Å². The molecule has 0 aromatic heterocycles. The Balaban J connectivity index is 1.33. The van der Waals surface area contributed by atoms with E-state index in [1.165, 1.54) is 0 Å². The monoisotopic (exact) mass is 345 g/mol. The zero-order valence-electron chi connectivity index (χ0n) is 14.4. The van der Waals surface area contributed by atoms with Crippen LogP contribution in [0.4, 0.5) is 5.69 Å². The smallest absolute Gasteiger partial charge is 0.228 e. The fourth-order valence-corrected chi connectivity index (χ4v) is 3.38. The lowest BCUT2D eigenvalue weighted by Gasteiger charge is -2.32. The molecule has 7 heteroatoms. The number of amides is 2. The maximum absolute atomic E-state index is 12.5. The quantitative estimate of drug-likeness (QED) is 0.878. The van der Waals surface area contributed by atoms with Crippen LogP contribution in [0.1, 0.15) is 6.42 Å². The zero-order valence-corrected chi connectivity index (χ0v) is 14.4. The van der Waals surface area contributed by atoms with Crippen molar-refractivity contribution in [2.24, 2.45) is 11.8 Å². The number of nitrogens with zero attached hydrogens (tertiary/aromatic N) is 2. The highest BCUT2D eigenvalue weighted by Crippen LogP contribution is 2.41. The number of piperazine rings is 1. The molecule has 3 aliphatic rings. The lowest BCUT2D eigenvalue weighted by atomic mass is 10.2. The maximum atomic E-state index is 12.5. The molecule has 1 saturated heterocycles. The Morgan fingerprint density at radius 2 is 1.76 bits per heavy atom. The summed E-state index contributed by atoms with van der Waals surface area (Å²) in [6.07, 6.45) is 0.640. The number of fused-ring (bicyclic) bond motifs is 1. The van der Waals surface area contributed by atoms with Gasteiger partial charge in [0.25, 0.3) is 0 Å². The third-order valence-electron chi connectivity index (χ3n) is 5.07. The maximum Gasteiger partial charge on any atom is 0.228 e. The number of benzene rings is 1. The molecule has 134 valence electrons. The molecule has 1 aromatic rings. The van der Waals surface area contributed by atoms with E-state index in [-0.39, 0.29) is 23.7 Å². The number of anilines is 1. The Hall–Kier alpha value is -2.28. The fourth-order valence-electron chi connectivity index (χ4n) is 3.38. The van der Waals surface area contributed by atoms with Crippen LogP contribution in [0.15, 0.2) is 18.2 Å². The Bertz CT molecular complexity index is 685. The number of ether oxygens (including phenoxy) is 2. The van der Waals surface area contributed by atoms with Crippen LogP contribution in [-0.2, 0) is 9.59 Å². The summed E-state index contributed by atoms with van der Waals surface area (Å²) in [6.45, 7) is 4.34. The van der Waals surface area contributed by atoms with Gasteiger partial charge in [-0.25, -0.2) is 0 Å². The summed E-state index contributed by atoms with van der Waals surface area (Å²) in [4.78, 5) is 29.0. The van der Waals surface area contributed by atoms with Gasteiger partial charge in [0.15, 0.2) is 11.5 Å². The third-order valence-corrected chi connectivity index (χ3v) is 5.07. The van der Waals surface area contributed by atoms with Gasteiger partial charge in [0, 0.05) is 37.9 Å². The molecule has 7 nitrogen and oxygen atoms in total.